The van der Waals surface area contributed by atoms with E-state index in [1.54, 1.807) is 0 Å². The lowest BCUT2D eigenvalue weighted by Gasteiger charge is -2.26. The second-order valence-corrected chi connectivity index (χ2v) is 4.62. The van der Waals surface area contributed by atoms with Crippen molar-refractivity contribution in [3.05, 3.63) is 12.2 Å². The predicted octanol–water partition coefficient (Wildman–Crippen LogP) is 3.62. The molecule has 1 fully saturated rings. The van der Waals surface area contributed by atoms with Gasteiger partial charge in [0.05, 0.1) is 0 Å². The van der Waals surface area contributed by atoms with Crippen LogP contribution < -0.4 is 0 Å². The van der Waals surface area contributed by atoms with Gasteiger partial charge >= 0.3 is 5.97 Å². The van der Waals surface area contributed by atoms with Crippen molar-refractivity contribution in [1.29, 1.82) is 0 Å². The zero-order valence-corrected chi connectivity index (χ0v) is 9.61. The van der Waals surface area contributed by atoms with Crippen molar-refractivity contribution < 1.29 is 9.90 Å². The van der Waals surface area contributed by atoms with Crippen molar-refractivity contribution >= 4 is 5.97 Å². The fraction of sp³-hybridized carbons (Fsp3) is 0.769. The summed E-state index contributed by atoms with van der Waals surface area (Å²) in [5.41, 5.74) is 0. The standard InChI is InChI=1S/C13H22O2/c1-2-3-4-11-5-7-12(8-6-11)9-10-13(14)15/h9-12H,2-8H2,1H3,(H,14,15). The number of rotatable bonds is 5. The number of hydrogen-bond donors (Lipinski definition) is 1. The molecule has 0 unspecified atom stereocenters. The molecule has 2 nitrogen and oxygen atoms in total. The Morgan fingerprint density at radius 2 is 2.00 bits per heavy atom. The first kappa shape index (κ1) is 12.3. The Labute approximate surface area is 92.4 Å². The molecule has 0 atom stereocenters. The van der Waals surface area contributed by atoms with Crippen molar-refractivity contribution in [2.45, 2.75) is 51.9 Å². The average molecular weight is 210 g/mol. The van der Waals surface area contributed by atoms with Gasteiger partial charge in [-0.2, -0.15) is 0 Å². The molecule has 0 amide bonds. The lowest BCUT2D eigenvalue weighted by atomic mass is 9.80. The molecule has 1 saturated carbocycles. The van der Waals surface area contributed by atoms with Crippen LogP contribution in [0, 0.1) is 11.8 Å². The third-order valence-corrected chi connectivity index (χ3v) is 3.37. The maximum absolute atomic E-state index is 10.4. The summed E-state index contributed by atoms with van der Waals surface area (Å²) in [5.74, 6) is 0.599. The summed E-state index contributed by atoms with van der Waals surface area (Å²) in [4.78, 5) is 10.4. The van der Waals surface area contributed by atoms with Crippen LogP contribution in [0.5, 0.6) is 0 Å². The van der Waals surface area contributed by atoms with Gasteiger partial charge in [0.2, 0.25) is 0 Å². The van der Waals surface area contributed by atoms with Gasteiger partial charge < -0.3 is 5.11 Å². The van der Waals surface area contributed by atoms with Crippen molar-refractivity contribution in [2.75, 3.05) is 0 Å². The first-order chi connectivity index (χ1) is 7.22. The Balaban J connectivity index is 2.20. The summed E-state index contributed by atoms with van der Waals surface area (Å²) in [7, 11) is 0. The lowest BCUT2D eigenvalue weighted by Crippen LogP contribution is -2.13. The SMILES string of the molecule is CCCCC1CCC(C=CC(=O)O)CC1. The smallest absolute Gasteiger partial charge is 0.327 e. The molecule has 15 heavy (non-hydrogen) atoms. The minimum atomic E-state index is -0.817. The molecule has 0 heterocycles. The van der Waals surface area contributed by atoms with Gasteiger partial charge in [-0.1, -0.05) is 32.3 Å². The van der Waals surface area contributed by atoms with Gasteiger partial charge in [-0.3, -0.25) is 0 Å². The molecule has 1 rings (SSSR count). The zero-order valence-electron chi connectivity index (χ0n) is 9.61. The molecule has 1 aliphatic carbocycles. The number of aliphatic carboxylic acids is 1. The minimum Gasteiger partial charge on any atom is -0.478 e. The normalized spacial score (nSPS) is 27.0. The minimum absolute atomic E-state index is 0.513. The second-order valence-electron chi connectivity index (χ2n) is 4.62. The third kappa shape index (κ3) is 5.01. The fourth-order valence-electron chi connectivity index (χ4n) is 2.38. The van der Waals surface area contributed by atoms with Crippen molar-refractivity contribution in [3.63, 3.8) is 0 Å². The summed E-state index contributed by atoms with van der Waals surface area (Å²) in [6.07, 6.45) is 12.1. The molecule has 0 aliphatic heterocycles. The largest absolute Gasteiger partial charge is 0.478 e. The van der Waals surface area contributed by atoms with E-state index in [9.17, 15) is 4.79 Å². The van der Waals surface area contributed by atoms with Crippen LogP contribution in [0.4, 0.5) is 0 Å². The number of carboxylic acids is 1. The molecule has 0 spiro atoms. The molecule has 0 aromatic rings. The number of carbonyl (C=O) groups is 1. The molecular formula is C13H22O2. The summed E-state index contributed by atoms with van der Waals surface area (Å²) in [6.45, 7) is 2.24. The molecule has 0 aromatic carbocycles. The van der Waals surface area contributed by atoms with Gasteiger partial charge in [-0.15, -0.1) is 0 Å². The quantitative estimate of drug-likeness (QED) is 0.704. The number of allylic oxidation sites excluding steroid dienone is 1. The Morgan fingerprint density at radius 3 is 2.53 bits per heavy atom. The maximum Gasteiger partial charge on any atom is 0.327 e. The van der Waals surface area contributed by atoms with E-state index < -0.39 is 5.97 Å². The topological polar surface area (TPSA) is 37.3 Å². The highest BCUT2D eigenvalue weighted by atomic mass is 16.4. The molecular weight excluding hydrogens is 188 g/mol. The van der Waals surface area contributed by atoms with E-state index in [0.717, 1.165) is 5.92 Å². The highest BCUT2D eigenvalue weighted by Crippen LogP contribution is 2.32. The van der Waals surface area contributed by atoms with E-state index in [1.165, 1.54) is 51.0 Å². The summed E-state index contributed by atoms with van der Waals surface area (Å²) in [5, 5.41) is 8.53. The second kappa shape index (κ2) is 6.65. The van der Waals surface area contributed by atoms with Crippen molar-refractivity contribution in [1.82, 2.24) is 0 Å². The van der Waals surface area contributed by atoms with Crippen LogP contribution in [-0.2, 0) is 4.79 Å². The van der Waals surface area contributed by atoms with Gasteiger partial charge in [0.1, 0.15) is 0 Å². The van der Waals surface area contributed by atoms with Gasteiger partial charge in [-0.05, 0) is 37.5 Å². The van der Waals surface area contributed by atoms with Gasteiger partial charge in [-0.25, -0.2) is 4.79 Å². The van der Waals surface area contributed by atoms with Crippen LogP contribution in [-0.4, -0.2) is 11.1 Å². The molecule has 0 radical (unpaired) electrons. The van der Waals surface area contributed by atoms with Gasteiger partial charge in [0.15, 0.2) is 0 Å². The molecule has 1 aliphatic rings. The van der Waals surface area contributed by atoms with Crippen LogP contribution in [0.25, 0.3) is 0 Å². The predicted molar refractivity (Wildman–Crippen MR) is 61.7 cm³/mol. The third-order valence-electron chi connectivity index (χ3n) is 3.37. The Bertz CT molecular complexity index is 213. The fourth-order valence-corrected chi connectivity index (χ4v) is 2.38. The Morgan fingerprint density at radius 1 is 1.33 bits per heavy atom. The highest BCUT2D eigenvalue weighted by Gasteiger charge is 2.18. The molecule has 0 bridgehead atoms. The van der Waals surface area contributed by atoms with Gasteiger partial charge in [0, 0.05) is 6.08 Å². The maximum atomic E-state index is 10.4. The van der Waals surface area contributed by atoms with E-state index in [4.69, 9.17) is 5.11 Å². The number of carboxylic acid groups (broad SMARTS) is 1. The summed E-state index contributed by atoms with van der Waals surface area (Å²) >= 11 is 0. The number of hydrogen-bond acceptors (Lipinski definition) is 1. The van der Waals surface area contributed by atoms with Crippen molar-refractivity contribution in [3.8, 4) is 0 Å². The van der Waals surface area contributed by atoms with E-state index in [0.29, 0.717) is 5.92 Å². The van der Waals surface area contributed by atoms with Crippen LogP contribution in [0.15, 0.2) is 12.2 Å². The van der Waals surface area contributed by atoms with E-state index in [1.807, 2.05) is 6.08 Å². The van der Waals surface area contributed by atoms with Crippen LogP contribution in [0.2, 0.25) is 0 Å². The number of unbranched alkanes of at least 4 members (excludes halogenated alkanes) is 1. The molecule has 0 aromatic heterocycles. The molecule has 0 saturated heterocycles. The van der Waals surface area contributed by atoms with E-state index in [-0.39, 0.29) is 0 Å². The summed E-state index contributed by atoms with van der Waals surface area (Å²) in [6, 6.07) is 0. The van der Waals surface area contributed by atoms with Crippen LogP contribution in [0.1, 0.15) is 51.9 Å². The molecule has 2 heteroatoms. The first-order valence-corrected chi connectivity index (χ1v) is 6.13. The van der Waals surface area contributed by atoms with Crippen molar-refractivity contribution in [2.24, 2.45) is 11.8 Å². The van der Waals surface area contributed by atoms with Crippen LogP contribution >= 0.6 is 0 Å². The van der Waals surface area contributed by atoms with Crippen LogP contribution in [0.3, 0.4) is 0 Å². The summed E-state index contributed by atoms with van der Waals surface area (Å²) < 4.78 is 0. The highest BCUT2D eigenvalue weighted by molar-refractivity contribution is 5.79. The zero-order chi connectivity index (χ0) is 11.1. The van der Waals surface area contributed by atoms with Gasteiger partial charge in [0.25, 0.3) is 0 Å². The molecule has 1 N–H and O–H groups in total. The molecule has 86 valence electrons. The van der Waals surface area contributed by atoms with E-state index >= 15 is 0 Å². The Hall–Kier alpha value is -0.790. The Kier molecular flexibility index (Phi) is 5.44. The van der Waals surface area contributed by atoms with E-state index in [2.05, 4.69) is 6.92 Å². The average Bonchev–Trinajstić information content (AvgIpc) is 2.25. The monoisotopic (exact) mass is 210 g/mol. The first-order valence-electron chi connectivity index (χ1n) is 6.13. The lowest BCUT2D eigenvalue weighted by molar-refractivity contribution is -0.131.